The number of hydrogen-bond acceptors (Lipinski definition) is 2. The van der Waals surface area contributed by atoms with E-state index in [-0.39, 0.29) is 11.7 Å². The summed E-state index contributed by atoms with van der Waals surface area (Å²) in [5.41, 5.74) is 3.51. The average molecular weight is 348 g/mol. The van der Waals surface area contributed by atoms with Gasteiger partial charge < -0.3 is 13.9 Å². The maximum absolute atomic E-state index is 13.6. The predicted octanol–water partition coefficient (Wildman–Crippen LogP) is 4.70. The van der Waals surface area contributed by atoms with Gasteiger partial charge in [0.05, 0.1) is 11.8 Å². The quantitative estimate of drug-likeness (QED) is 0.536. The number of carbonyl (C=O) groups excluding carboxylic acids is 1. The molecule has 2 aromatic heterocycles. The van der Waals surface area contributed by atoms with Gasteiger partial charge in [-0.25, -0.2) is 4.39 Å². The lowest BCUT2D eigenvalue weighted by atomic mass is 10.2. The van der Waals surface area contributed by atoms with E-state index in [1.165, 1.54) is 12.1 Å². The van der Waals surface area contributed by atoms with Crippen LogP contribution in [-0.4, -0.2) is 17.5 Å². The van der Waals surface area contributed by atoms with E-state index in [0.717, 1.165) is 16.8 Å². The normalized spacial score (nSPS) is 11.0. The van der Waals surface area contributed by atoms with Crippen LogP contribution in [0.25, 0.3) is 11.1 Å². The number of para-hydroxylation sites is 1. The summed E-state index contributed by atoms with van der Waals surface area (Å²) in [6, 6.07) is 19.4. The fourth-order valence-corrected chi connectivity index (χ4v) is 3.08. The number of anilines is 1. The third kappa shape index (κ3) is 2.88. The molecule has 0 aliphatic heterocycles. The highest BCUT2D eigenvalue weighted by atomic mass is 19.1. The molecule has 0 unspecified atom stereocenters. The van der Waals surface area contributed by atoms with E-state index in [1.807, 2.05) is 47.0 Å². The first-order chi connectivity index (χ1) is 12.6. The number of rotatable bonds is 4. The van der Waals surface area contributed by atoms with Gasteiger partial charge in [0.15, 0.2) is 5.58 Å². The van der Waals surface area contributed by atoms with E-state index in [0.29, 0.717) is 17.8 Å². The minimum atomic E-state index is -0.299. The zero-order valence-corrected chi connectivity index (χ0v) is 14.2. The van der Waals surface area contributed by atoms with Gasteiger partial charge in [-0.15, -0.1) is 0 Å². The van der Waals surface area contributed by atoms with Crippen molar-refractivity contribution in [3.05, 3.63) is 90.1 Å². The maximum atomic E-state index is 13.6. The summed E-state index contributed by atoms with van der Waals surface area (Å²) < 4.78 is 20.9. The van der Waals surface area contributed by atoms with Crippen molar-refractivity contribution in [3.63, 3.8) is 0 Å². The highest BCUT2D eigenvalue weighted by molar-refractivity contribution is 6.07. The SMILES string of the molecule is CN(C(=O)c1cc2occc2n1Cc1cccc(F)c1)c1ccccc1. The molecule has 4 rings (SSSR count). The van der Waals surface area contributed by atoms with Gasteiger partial charge in [-0.3, -0.25) is 4.79 Å². The molecule has 0 atom stereocenters. The smallest absolute Gasteiger partial charge is 0.274 e. The van der Waals surface area contributed by atoms with Crippen molar-refractivity contribution in [1.82, 2.24) is 4.57 Å². The minimum absolute atomic E-state index is 0.154. The second-order valence-electron chi connectivity index (χ2n) is 6.12. The molecule has 26 heavy (non-hydrogen) atoms. The molecule has 130 valence electrons. The lowest BCUT2D eigenvalue weighted by Crippen LogP contribution is -2.28. The van der Waals surface area contributed by atoms with Crippen molar-refractivity contribution in [2.75, 3.05) is 11.9 Å². The summed E-state index contributed by atoms with van der Waals surface area (Å²) >= 11 is 0. The number of amides is 1. The Morgan fingerprint density at radius 1 is 1.08 bits per heavy atom. The highest BCUT2D eigenvalue weighted by Gasteiger charge is 2.21. The fraction of sp³-hybridized carbons (Fsp3) is 0.0952. The van der Waals surface area contributed by atoms with Crippen molar-refractivity contribution in [2.45, 2.75) is 6.54 Å². The van der Waals surface area contributed by atoms with E-state index in [1.54, 1.807) is 30.3 Å². The molecule has 4 aromatic rings. The van der Waals surface area contributed by atoms with Gasteiger partial charge in [-0.1, -0.05) is 30.3 Å². The van der Waals surface area contributed by atoms with Gasteiger partial charge in [0.2, 0.25) is 0 Å². The van der Waals surface area contributed by atoms with E-state index in [4.69, 9.17) is 4.42 Å². The Kier molecular flexibility index (Phi) is 4.05. The molecule has 0 N–H and O–H groups in total. The molecule has 1 amide bonds. The van der Waals surface area contributed by atoms with Crippen LogP contribution in [0.1, 0.15) is 16.1 Å². The van der Waals surface area contributed by atoms with Crippen molar-refractivity contribution in [1.29, 1.82) is 0 Å². The molecule has 0 aliphatic rings. The molecule has 2 aromatic carbocycles. The summed E-state index contributed by atoms with van der Waals surface area (Å²) in [4.78, 5) is 14.7. The Morgan fingerprint density at radius 2 is 1.88 bits per heavy atom. The van der Waals surface area contributed by atoms with Crippen molar-refractivity contribution in [3.8, 4) is 0 Å². The third-order valence-corrected chi connectivity index (χ3v) is 4.42. The molecule has 5 heteroatoms. The molecule has 0 aliphatic carbocycles. The van der Waals surface area contributed by atoms with Crippen LogP contribution in [0.4, 0.5) is 10.1 Å². The molecule has 0 saturated heterocycles. The van der Waals surface area contributed by atoms with Crippen LogP contribution in [0.2, 0.25) is 0 Å². The summed E-state index contributed by atoms with van der Waals surface area (Å²) in [5, 5.41) is 0. The van der Waals surface area contributed by atoms with Crippen molar-refractivity contribution < 1.29 is 13.6 Å². The Bertz CT molecular complexity index is 1070. The lowest BCUT2D eigenvalue weighted by Gasteiger charge is -2.19. The summed E-state index contributed by atoms with van der Waals surface area (Å²) in [5.74, 6) is -0.452. The molecule has 0 spiro atoms. The number of furan rings is 1. The molecule has 0 radical (unpaired) electrons. The Balaban J connectivity index is 1.75. The minimum Gasteiger partial charge on any atom is -0.463 e. The van der Waals surface area contributed by atoms with Crippen LogP contribution in [0, 0.1) is 5.82 Å². The maximum Gasteiger partial charge on any atom is 0.274 e. The van der Waals surface area contributed by atoms with Crippen LogP contribution in [0.3, 0.4) is 0 Å². The predicted molar refractivity (Wildman–Crippen MR) is 98.9 cm³/mol. The first-order valence-corrected chi connectivity index (χ1v) is 8.28. The molecule has 4 nitrogen and oxygen atoms in total. The fourth-order valence-electron chi connectivity index (χ4n) is 3.08. The standard InChI is InChI=1S/C21H17FN2O2/c1-23(17-8-3-2-4-9-17)21(25)19-13-20-18(10-11-26-20)24(19)14-15-6-5-7-16(22)12-15/h2-13H,14H2,1H3. The summed E-state index contributed by atoms with van der Waals surface area (Å²) in [7, 11) is 1.74. The van der Waals surface area contributed by atoms with Gasteiger partial charge in [0, 0.05) is 31.4 Å². The first-order valence-electron chi connectivity index (χ1n) is 8.28. The number of benzene rings is 2. The number of nitrogens with zero attached hydrogens (tertiary/aromatic N) is 2. The molecule has 2 heterocycles. The van der Waals surface area contributed by atoms with E-state index < -0.39 is 0 Å². The Labute approximate surface area is 150 Å². The molecular weight excluding hydrogens is 331 g/mol. The number of carbonyl (C=O) groups is 1. The van der Waals surface area contributed by atoms with E-state index in [9.17, 15) is 9.18 Å². The van der Waals surface area contributed by atoms with Gasteiger partial charge in [0.1, 0.15) is 11.5 Å². The van der Waals surface area contributed by atoms with Crippen molar-refractivity contribution in [2.24, 2.45) is 0 Å². The van der Waals surface area contributed by atoms with Gasteiger partial charge in [-0.05, 0) is 29.8 Å². The van der Waals surface area contributed by atoms with Crippen LogP contribution in [0.15, 0.2) is 77.4 Å². The van der Waals surface area contributed by atoms with Crippen LogP contribution < -0.4 is 4.90 Å². The molecule has 0 fully saturated rings. The second kappa shape index (κ2) is 6.52. The Hall–Kier alpha value is -3.34. The second-order valence-corrected chi connectivity index (χ2v) is 6.12. The molecule has 0 saturated carbocycles. The zero-order chi connectivity index (χ0) is 18.1. The lowest BCUT2D eigenvalue weighted by molar-refractivity contribution is 0.0985. The number of aromatic nitrogens is 1. The average Bonchev–Trinajstić information content (AvgIpc) is 3.24. The van der Waals surface area contributed by atoms with E-state index >= 15 is 0 Å². The Morgan fingerprint density at radius 3 is 2.65 bits per heavy atom. The topological polar surface area (TPSA) is 38.4 Å². The monoisotopic (exact) mass is 348 g/mol. The van der Waals surface area contributed by atoms with Crippen molar-refractivity contribution >= 4 is 22.7 Å². The van der Waals surface area contributed by atoms with Gasteiger partial charge in [-0.2, -0.15) is 0 Å². The molecule has 0 bridgehead atoms. The largest absolute Gasteiger partial charge is 0.463 e. The summed E-state index contributed by atoms with van der Waals surface area (Å²) in [6.45, 7) is 0.379. The van der Waals surface area contributed by atoms with Crippen LogP contribution >= 0.6 is 0 Å². The van der Waals surface area contributed by atoms with Gasteiger partial charge in [0.25, 0.3) is 5.91 Å². The number of hydrogen-bond donors (Lipinski definition) is 0. The summed E-state index contributed by atoms with van der Waals surface area (Å²) in [6.07, 6.45) is 1.59. The first kappa shape index (κ1) is 16.1. The number of fused-ring (bicyclic) bond motifs is 1. The van der Waals surface area contributed by atoms with E-state index in [2.05, 4.69) is 0 Å². The highest BCUT2D eigenvalue weighted by Crippen LogP contribution is 2.25. The zero-order valence-electron chi connectivity index (χ0n) is 14.2. The number of halogens is 1. The van der Waals surface area contributed by atoms with Crippen LogP contribution in [-0.2, 0) is 6.54 Å². The third-order valence-electron chi connectivity index (χ3n) is 4.42. The molecular formula is C21H17FN2O2. The van der Waals surface area contributed by atoms with Gasteiger partial charge >= 0.3 is 0 Å². The van der Waals surface area contributed by atoms with Crippen LogP contribution in [0.5, 0.6) is 0 Å².